The van der Waals surface area contributed by atoms with Crippen molar-refractivity contribution in [1.82, 2.24) is 14.8 Å². The molecule has 0 spiro atoms. The summed E-state index contributed by atoms with van der Waals surface area (Å²) in [7, 11) is 1.89. The Morgan fingerprint density at radius 3 is 2.56 bits per heavy atom. The van der Waals surface area contributed by atoms with Gasteiger partial charge in [0.2, 0.25) is 0 Å². The van der Waals surface area contributed by atoms with Crippen molar-refractivity contribution in [3.05, 3.63) is 11.6 Å². The molecule has 5 heteroatoms. The molecular weight excluding hydrogens is 206 g/mol. The summed E-state index contributed by atoms with van der Waals surface area (Å²) in [6.45, 7) is 4.12. The molecule has 1 aromatic heterocycles. The van der Waals surface area contributed by atoms with Gasteiger partial charge >= 0.3 is 5.97 Å². The fraction of sp³-hybridized carbons (Fsp3) is 0.727. The molecule has 1 fully saturated rings. The summed E-state index contributed by atoms with van der Waals surface area (Å²) in [5.41, 5.74) is -0.536. The third kappa shape index (κ3) is 1.42. The number of aryl methyl sites for hydroxylation is 1. The average molecular weight is 223 g/mol. The van der Waals surface area contributed by atoms with Crippen LogP contribution in [0.5, 0.6) is 0 Å². The highest BCUT2D eigenvalue weighted by atomic mass is 16.5. The summed E-state index contributed by atoms with van der Waals surface area (Å²) in [4.78, 5) is 12.0. The molecule has 0 radical (unpaired) electrons. The maximum absolute atomic E-state index is 12.0. The molecular formula is C11H17N3O2. The van der Waals surface area contributed by atoms with Gasteiger partial charge in [0.15, 0.2) is 0 Å². The summed E-state index contributed by atoms with van der Waals surface area (Å²) < 4.78 is 7.03. The fourth-order valence-corrected chi connectivity index (χ4v) is 2.14. The number of hydrogen-bond donors (Lipinski definition) is 0. The molecule has 1 aromatic rings. The molecule has 88 valence electrons. The zero-order valence-corrected chi connectivity index (χ0v) is 9.99. The van der Waals surface area contributed by atoms with Crippen molar-refractivity contribution in [3.8, 4) is 0 Å². The van der Waals surface area contributed by atoms with Gasteiger partial charge < -0.3 is 9.30 Å². The van der Waals surface area contributed by atoms with Crippen LogP contribution in [0.15, 0.2) is 0 Å². The molecule has 1 heterocycles. The Balaban J connectivity index is 2.35. The first kappa shape index (κ1) is 11.1. The lowest BCUT2D eigenvalue weighted by atomic mass is 9.68. The second-order valence-electron chi connectivity index (χ2n) is 4.29. The average Bonchev–Trinajstić information content (AvgIpc) is 2.49. The molecule has 0 atom stereocenters. The van der Waals surface area contributed by atoms with Crippen LogP contribution in [0.1, 0.15) is 37.8 Å². The zero-order chi connectivity index (χ0) is 11.8. The SMILES string of the molecule is CCOC(=O)C1(c2nnc(C)n2C)CCC1. The van der Waals surface area contributed by atoms with Gasteiger partial charge in [0.1, 0.15) is 17.1 Å². The summed E-state index contributed by atoms with van der Waals surface area (Å²) >= 11 is 0. The predicted molar refractivity (Wildman–Crippen MR) is 57.9 cm³/mol. The lowest BCUT2D eigenvalue weighted by Gasteiger charge is -2.37. The van der Waals surface area contributed by atoms with Crippen LogP contribution in [0.2, 0.25) is 0 Å². The zero-order valence-electron chi connectivity index (χ0n) is 9.99. The summed E-state index contributed by atoms with van der Waals surface area (Å²) in [5, 5.41) is 8.14. The van der Waals surface area contributed by atoms with Crippen molar-refractivity contribution in [2.24, 2.45) is 7.05 Å². The summed E-state index contributed by atoms with van der Waals surface area (Å²) in [6, 6.07) is 0. The Hall–Kier alpha value is -1.39. The summed E-state index contributed by atoms with van der Waals surface area (Å²) in [6.07, 6.45) is 2.68. The molecule has 0 aliphatic heterocycles. The van der Waals surface area contributed by atoms with E-state index in [1.807, 2.05) is 25.5 Å². The van der Waals surface area contributed by atoms with E-state index < -0.39 is 5.41 Å². The number of ether oxygens (including phenoxy) is 1. The summed E-state index contributed by atoms with van der Waals surface area (Å²) in [5.74, 6) is 1.41. The molecule has 2 rings (SSSR count). The van der Waals surface area contributed by atoms with Crippen LogP contribution in [0.4, 0.5) is 0 Å². The van der Waals surface area contributed by atoms with Crippen LogP contribution < -0.4 is 0 Å². The first-order valence-electron chi connectivity index (χ1n) is 5.65. The number of esters is 1. The minimum absolute atomic E-state index is 0.156. The van der Waals surface area contributed by atoms with E-state index >= 15 is 0 Å². The molecule has 1 aliphatic carbocycles. The standard InChI is InChI=1S/C11H17N3O2/c1-4-16-10(15)11(6-5-7-11)9-13-12-8(2)14(9)3/h4-7H2,1-3H3. The second kappa shape index (κ2) is 3.88. The van der Waals surface area contributed by atoms with Crippen LogP contribution in [0.25, 0.3) is 0 Å². The normalized spacial score (nSPS) is 17.9. The lowest BCUT2D eigenvalue weighted by Crippen LogP contribution is -2.45. The molecule has 1 saturated carbocycles. The first-order valence-corrected chi connectivity index (χ1v) is 5.65. The van der Waals surface area contributed by atoms with Crippen molar-refractivity contribution in [2.45, 2.75) is 38.5 Å². The highest BCUT2D eigenvalue weighted by Crippen LogP contribution is 2.43. The number of nitrogens with zero attached hydrogens (tertiary/aromatic N) is 3. The third-order valence-corrected chi connectivity index (χ3v) is 3.39. The van der Waals surface area contributed by atoms with Gasteiger partial charge in [0.25, 0.3) is 0 Å². The van der Waals surface area contributed by atoms with Crippen LogP contribution in [0.3, 0.4) is 0 Å². The smallest absolute Gasteiger partial charge is 0.319 e. The van der Waals surface area contributed by atoms with Crippen LogP contribution in [-0.4, -0.2) is 27.3 Å². The number of hydrogen-bond acceptors (Lipinski definition) is 4. The maximum atomic E-state index is 12.0. The van der Waals surface area contributed by atoms with E-state index in [9.17, 15) is 4.79 Å². The third-order valence-electron chi connectivity index (χ3n) is 3.39. The number of rotatable bonds is 3. The molecule has 0 N–H and O–H groups in total. The Kier molecular flexibility index (Phi) is 2.69. The highest BCUT2D eigenvalue weighted by Gasteiger charge is 2.50. The first-order chi connectivity index (χ1) is 7.62. The van der Waals surface area contributed by atoms with E-state index in [4.69, 9.17) is 4.74 Å². The second-order valence-corrected chi connectivity index (χ2v) is 4.29. The van der Waals surface area contributed by atoms with Gasteiger partial charge in [-0.25, -0.2) is 0 Å². The van der Waals surface area contributed by atoms with E-state index in [1.54, 1.807) is 0 Å². The van der Waals surface area contributed by atoms with E-state index in [0.717, 1.165) is 30.9 Å². The van der Waals surface area contributed by atoms with Gasteiger partial charge in [-0.15, -0.1) is 10.2 Å². The van der Waals surface area contributed by atoms with Crippen LogP contribution in [-0.2, 0) is 22.0 Å². The Morgan fingerprint density at radius 2 is 2.19 bits per heavy atom. The van der Waals surface area contributed by atoms with Gasteiger partial charge in [-0.2, -0.15) is 0 Å². The van der Waals surface area contributed by atoms with Gasteiger partial charge in [0, 0.05) is 7.05 Å². The van der Waals surface area contributed by atoms with E-state index in [-0.39, 0.29) is 5.97 Å². The molecule has 0 aromatic carbocycles. The predicted octanol–water partition coefficient (Wildman–Crippen LogP) is 1.11. The van der Waals surface area contributed by atoms with Crippen molar-refractivity contribution in [2.75, 3.05) is 6.61 Å². The largest absolute Gasteiger partial charge is 0.465 e. The Morgan fingerprint density at radius 1 is 1.50 bits per heavy atom. The minimum Gasteiger partial charge on any atom is -0.465 e. The molecule has 0 saturated heterocycles. The molecule has 16 heavy (non-hydrogen) atoms. The number of aromatic nitrogens is 3. The lowest BCUT2D eigenvalue weighted by molar-refractivity contribution is -0.154. The van der Waals surface area contributed by atoms with Crippen molar-refractivity contribution < 1.29 is 9.53 Å². The van der Waals surface area contributed by atoms with Crippen molar-refractivity contribution in [3.63, 3.8) is 0 Å². The fourth-order valence-electron chi connectivity index (χ4n) is 2.14. The van der Waals surface area contributed by atoms with Crippen molar-refractivity contribution >= 4 is 5.97 Å². The minimum atomic E-state index is -0.536. The number of carbonyl (C=O) groups excluding carboxylic acids is 1. The Bertz CT molecular complexity index is 407. The topological polar surface area (TPSA) is 57.0 Å². The van der Waals surface area contributed by atoms with Gasteiger partial charge in [-0.1, -0.05) is 6.42 Å². The van der Waals surface area contributed by atoms with Crippen LogP contribution in [0, 0.1) is 6.92 Å². The molecule has 0 unspecified atom stereocenters. The van der Waals surface area contributed by atoms with E-state index in [2.05, 4.69) is 10.2 Å². The maximum Gasteiger partial charge on any atom is 0.319 e. The van der Waals surface area contributed by atoms with Gasteiger partial charge in [-0.05, 0) is 26.7 Å². The van der Waals surface area contributed by atoms with E-state index in [0.29, 0.717) is 6.61 Å². The van der Waals surface area contributed by atoms with Crippen LogP contribution >= 0.6 is 0 Å². The molecule has 0 bridgehead atoms. The Labute approximate surface area is 94.8 Å². The molecule has 5 nitrogen and oxygen atoms in total. The molecule has 1 aliphatic rings. The van der Waals surface area contributed by atoms with Gasteiger partial charge in [0.05, 0.1) is 6.61 Å². The van der Waals surface area contributed by atoms with E-state index in [1.165, 1.54) is 0 Å². The van der Waals surface area contributed by atoms with Gasteiger partial charge in [-0.3, -0.25) is 4.79 Å². The molecule has 0 amide bonds. The quantitative estimate of drug-likeness (QED) is 0.720. The van der Waals surface area contributed by atoms with Crippen molar-refractivity contribution in [1.29, 1.82) is 0 Å². The number of carbonyl (C=O) groups is 1. The monoisotopic (exact) mass is 223 g/mol. The highest BCUT2D eigenvalue weighted by molar-refractivity contribution is 5.83.